The molecule has 0 spiro atoms. The van der Waals surface area contributed by atoms with Gasteiger partial charge in [0.15, 0.2) is 0 Å². The Morgan fingerprint density at radius 2 is 2.07 bits per heavy atom. The first kappa shape index (κ1) is 11.4. The summed E-state index contributed by atoms with van der Waals surface area (Å²) in [4.78, 5) is 0. The normalized spacial score (nSPS) is 44.6. The molecule has 0 aromatic heterocycles. The minimum atomic E-state index is 0.163. The van der Waals surface area contributed by atoms with E-state index in [9.17, 15) is 0 Å². The van der Waals surface area contributed by atoms with Gasteiger partial charge in [-0.1, -0.05) is 20.8 Å². The van der Waals surface area contributed by atoms with Gasteiger partial charge >= 0.3 is 0 Å². The van der Waals surface area contributed by atoms with Crippen molar-refractivity contribution in [3.05, 3.63) is 0 Å². The van der Waals surface area contributed by atoms with Crippen molar-refractivity contribution in [1.29, 1.82) is 0 Å². The van der Waals surface area contributed by atoms with Crippen molar-refractivity contribution in [2.24, 2.45) is 22.5 Å². The first-order valence-corrected chi connectivity index (χ1v) is 6.25. The first-order valence-electron chi connectivity index (χ1n) is 6.25. The zero-order chi connectivity index (χ0) is 11.3. The van der Waals surface area contributed by atoms with Crippen LogP contribution >= 0.6 is 0 Å². The highest BCUT2D eigenvalue weighted by atomic mass is 16.5. The van der Waals surface area contributed by atoms with Crippen LogP contribution in [0.5, 0.6) is 0 Å². The molecule has 2 bridgehead atoms. The van der Waals surface area contributed by atoms with E-state index in [4.69, 9.17) is 10.5 Å². The van der Waals surface area contributed by atoms with Crippen LogP contribution in [0.2, 0.25) is 0 Å². The summed E-state index contributed by atoms with van der Waals surface area (Å²) in [5, 5.41) is 0. The third kappa shape index (κ3) is 1.53. The molecule has 0 saturated heterocycles. The average Bonchev–Trinajstić information content (AvgIpc) is 2.46. The molecule has 15 heavy (non-hydrogen) atoms. The van der Waals surface area contributed by atoms with Crippen LogP contribution in [-0.4, -0.2) is 18.8 Å². The largest absolute Gasteiger partial charge is 0.376 e. The van der Waals surface area contributed by atoms with Crippen molar-refractivity contribution >= 4 is 0 Å². The van der Waals surface area contributed by atoms with E-state index in [1.165, 1.54) is 19.3 Å². The molecule has 2 N–H and O–H groups in total. The van der Waals surface area contributed by atoms with Gasteiger partial charge in [-0.2, -0.15) is 0 Å². The minimum absolute atomic E-state index is 0.163. The molecule has 2 aliphatic carbocycles. The maximum absolute atomic E-state index is 6.01. The van der Waals surface area contributed by atoms with E-state index in [-0.39, 0.29) is 6.04 Å². The molecule has 2 heteroatoms. The van der Waals surface area contributed by atoms with Gasteiger partial charge < -0.3 is 10.5 Å². The van der Waals surface area contributed by atoms with Crippen molar-refractivity contribution in [3.63, 3.8) is 0 Å². The van der Waals surface area contributed by atoms with Gasteiger partial charge in [-0.15, -0.1) is 0 Å². The van der Waals surface area contributed by atoms with Crippen LogP contribution in [0, 0.1) is 16.7 Å². The van der Waals surface area contributed by atoms with Crippen molar-refractivity contribution in [1.82, 2.24) is 0 Å². The SMILES string of the molecule is C[C@@H](N)COC1CC2CCC1(C)C2(C)C. The van der Waals surface area contributed by atoms with Crippen molar-refractivity contribution in [3.8, 4) is 0 Å². The highest BCUT2D eigenvalue weighted by Crippen LogP contribution is 2.66. The predicted molar refractivity (Wildman–Crippen MR) is 62.6 cm³/mol. The van der Waals surface area contributed by atoms with Gasteiger partial charge in [0, 0.05) is 6.04 Å². The van der Waals surface area contributed by atoms with Crippen LogP contribution in [0.3, 0.4) is 0 Å². The molecule has 2 nitrogen and oxygen atoms in total. The summed E-state index contributed by atoms with van der Waals surface area (Å²) >= 11 is 0. The fourth-order valence-corrected chi connectivity index (χ4v) is 3.65. The second kappa shape index (κ2) is 3.46. The summed E-state index contributed by atoms with van der Waals surface area (Å²) in [7, 11) is 0. The van der Waals surface area contributed by atoms with Gasteiger partial charge in [-0.05, 0) is 42.9 Å². The van der Waals surface area contributed by atoms with E-state index in [1.807, 2.05) is 6.92 Å². The molecule has 2 rings (SSSR count). The number of hydrogen-bond acceptors (Lipinski definition) is 2. The topological polar surface area (TPSA) is 35.2 Å². The van der Waals surface area contributed by atoms with Gasteiger partial charge in [0.2, 0.25) is 0 Å². The Kier molecular flexibility index (Phi) is 2.63. The number of nitrogens with two attached hydrogens (primary N) is 1. The smallest absolute Gasteiger partial charge is 0.0637 e. The van der Waals surface area contributed by atoms with Crippen molar-refractivity contribution < 1.29 is 4.74 Å². The zero-order valence-electron chi connectivity index (χ0n) is 10.5. The minimum Gasteiger partial charge on any atom is -0.376 e. The van der Waals surface area contributed by atoms with Gasteiger partial charge in [0.1, 0.15) is 0 Å². The summed E-state index contributed by atoms with van der Waals surface area (Å²) in [5.74, 6) is 0.862. The Morgan fingerprint density at radius 1 is 1.40 bits per heavy atom. The number of ether oxygens (including phenoxy) is 1. The van der Waals surface area contributed by atoms with E-state index in [0.29, 0.717) is 23.5 Å². The Balaban J connectivity index is 2.06. The maximum atomic E-state index is 6.01. The van der Waals surface area contributed by atoms with Crippen LogP contribution in [0.1, 0.15) is 47.0 Å². The lowest BCUT2D eigenvalue weighted by Gasteiger charge is -2.39. The van der Waals surface area contributed by atoms with Crippen LogP contribution < -0.4 is 5.73 Å². The Morgan fingerprint density at radius 3 is 2.47 bits per heavy atom. The number of rotatable bonds is 3. The lowest BCUT2D eigenvalue weighted by atomic mass is 9.70. The van der Waals surface area contributed by atoms with Gasteiger partial charge in [-0.3, -0.25) is 0 Å². The molecule has 4 atom stereocenters. The molecule has 0 aliphatic heterocycles. The van der Waals surface area contributed by atoms with E-state index >= 15 is 0 Å². The highest BCUT2D eigenvalue weighted by molar-refractivity contribution is 5.11. The third-order valence-electron chi connectivity index (χ3n) is 5.27. The molecular weight excluding hydrogens is 186 g/mol. The Labute approximate surface area is 93.6 Å². The molecule has 2 aliphatic rings. The standard InChI is InChI=1S/C13H25NO/c1-9(14)8-15-11-7-10-5-6-13(11,4)12(10,2)3/h9-11H,5-8,14H2,1-4H3/t9-,10?,11?,13?/m1/s1. The molecular formula is C13H25NO. The third-order valence-corrected chi connectivity index (χ3v) is 5.27. The van der Waals surface area contributed by atoms with Crippen LogP contribution in [0.15, 0.2) is 0 Å². The summed E-state index contributed by atoms with van der Waals surface area (Å²) in [6, 6.07) is 0.163. The number of fused-ring (bicyclic) bond motifs is 2. The van der Waals surface area contributed by atoms with Crippen molar-refractivity contribution in [2.45, 2.75) is 59.1 Å². The average molecular weight is 211 g/mol. The Bertz CT molecular complexity index is 249. The Hall–Kier alpha value is -0.0800. The second-order valence-electron chi connectivity index (χ2n) is 6.41. The molecule has 0 radical (unpaired) electrons. The van der Waals surface area contributed by atoms with Gasteiger partial charge in [-0.25, -0.2) is 0 Å². The van der Waals surface area contributed by atoms with E-state index in [1.54, 1.807) is 0 Å². The van der Waals surface area contributed by atoms with Crippen molar-refractivity contribution in [2.75, 3.05) is 6.61 Å². The first-order chi connectivity index (χ1) is 6.88. The molecule has 2 saturated carbocycles. The summed E-state index contributed by atoms with van der Waals surface area (Å²) in [6.45, 7) is 9.97. The molecule has 88 valence electrons. The second-order valence-corrected chi connectivity index (χ2v) is 6.41. The molecule has 2 fully saturated rings. The van der Waals surface area contributed by atoms with E-state index in [0.717, 1.165) is 5.92 Å². The quantitative estimate of drug-likeness (QED) is 0.778. The summed E-state index contributed by atoms with van der Waals surface area (Å²) in [5.41, 5.74) is 6.59. The van der Waals surface area contributed by atoms with Crippen LogP contribution in [-0.2, 0) is 4.74 Å². The zero-order valence-corrected chi connectivity index (χ0v) is 10.5. The molecule has 0 aromatic carbocycles. The summed E-state index contributed by atoms with van der Waals surface area (Å²) < 4.78 is 6.01. The fourth-order valence-electron chi connectivity index (χ4n) is 3.65. The molecule has 3 unspecified atom stereocenters. The van der Waals surface area contributed by atoms with Crippen LogP contribution in [0.4, 0.5) is 0 Å². The monoisotopic (exact) mass is 211 g/mol. The predicted octanol–water partition coefficient (Wildman–Crippen LogP) is 2.57. The van der Waals surface area contributed by atoms with Gasteiger partial charge in [0.25, 0.3) is 0 Å². The molecule has 0 amide bonds. The summed E-state index contributed by atoms with van der Waals surface area (Å²) in [6.07, 6.45) is 4.41. The lowest BCUT2D eigenvalue weighted by Crippen LogP contribution is -2.39. The van der Waals surface area contributed by atoms with Crippen LogP contribution in [0.25, 0.3) is 0 Å². The molecule has 0 heterocycles. The van der Waals surface area contributed by atoms with E-state index < -0.39 is 0 Å². The van der Waals surface area contributed by atoms with Gasteiger partial charge in [0.05, 0.1) is 12.7 Å². The van der Waals surface area contributed by atoms with E-state index in [2.05, 4.69) is 20.8 Å². The maximum Gasteiger partial charge on any atom is 0.0637 e. The highest BCUT2D eigenvalue weighted by Gasteiger charge is 2.61. The molecule has 0 aromatic rings. The lowest BCUT2D eigenvalue weighted by molar-refractivity contribution is -0.0495. The number of hydrogen-bond donors (Lipinski definition) is 1. The fraction of sp³-hybridized carbons (Fsp3) is 1.00.